The molecule has 32 nitrogen and oxygen atoms in total. The molecular weight excluding hydrogens is 1200 g/mol. The van der Waals surface area contributed by atoms with Gasteiger partial charge in [0.15, 0.2) is 5.96 Å². The molecule has 11 amide bonds. The van der Waals surface area contributed by atoms with Crippen LogP contribution in [0.5, 0.6) is 0 Å². The Morgan fingerprint density at radius 3 is 1.80 bits per heavy atom. The number of nitrogens with two attached hydrogens (primary N) is 4. The number of aliphatic carboxylic acids is 1. The van der Waals surface area contributed by atoms with Gasteiger partial charge in [0.25, 0.3) is 5.91 Å². The molecule has 2 aromatic carbocycles. The summed E-state index contributed by atoms with van der Waals surface area (Å²) >= 11 is 0. The lowest BCUT2D eigenvalue weighted by Gasteiger charge is -2.31. The number of halogens is 1. The summed E-state index contributed by atoms with van der Waals surface area (Å²) in [6, 6.07) is -3.73. The van der Waals surface area contributed by atoms with Crippen molar-refractivity contribution in [3.05, 3.63) is 71.7 Å². The summed E-state index contributed by atoms with van der Waals surface area (Å²) in [6.45, 7) is 3.53. The number of primary amides is 1. The number of fused-ring (bicyclic) bond motifs is 1. The summed E-state index contributed by atoms with van der Waals surface area (Å²) in [4.78, 5) is 170. The van der Waals surface area contributed by atoms with Gasteiger partial charge in [-0.2, -0.15) is 0 Å². The second-order valence-corrected chi connectivity index (χ2v) is 22.1. The molecule has 3 aromatic rings. The normalized spacial score (nSPS) is 16.5. The van der Waals surface area contributed by atoms with Gasteiger partial charge in [0.05, 0.1) is 31.8 Å². The molecule has 1 aromatic heterocycles. The Balaban J connectivity index is 1.57. The van der Waals surface area contributed by atoms with Gasteiger partial charge in [-0.25, -0.2) is 9.18 Å². The second-order valence-electron chi connectivity index (χ2n) is 22.1. The lowest BCUT2D eigenvalue weighted by Crippen LogP contribution is -2.62. The van der Waals surface area contributed by atoms with Crippen LogP contribution in [0.25, 0.3) is 10.9 Å². The summed E-state index contributed by atoms with van der Waals surface area (Å²) in [5, 5.41) is 64.0. The number of aliphatic imine (C=N–C) groups is 1. The number of hydrogen-bond donors (Lipinski definition) is 18. The quantitative estimate of drug-likeness (QED) is 0.0146. The summed E-state index contributed by atoms with van der Waals surface area (Å²) in [5.74, 6) is -13.4. The number of nitrogens with zero attached hydrogens (tertiary/aromatic N) is 2. The van der Waals surface area contributed by atoms with Crippen molar-refractivity contribution in [2.24, 2.45) is 33.8 Å². The van der Waals surface area contributed by atoms with Crippen molar-refractivity contribution in [1.82, 2.24) is 57.7 Å². The van der Waals surface area contributed by atoms with E-state index in [4.69, 9.17) is 22.9 Å². The second kappa shape index (κ2) is 36.4. The van der Waals surface area contributed by atoms with Crippen LogP contribution in [0.2, 0.25) is 0 Å². The van der Waals surface area contributed by atoms with Crippen LogP contribution in [0.3, 0.4) is 0 Å². The Kier molecular flexibility index (Phi) is 29.6. The zero-order valence-electron chi connectivity index (χ0n) is 51.0. The first-order valence-electron chi connectivity index (χ1n) is 29.6. The highest BCUT2D eigenvalue weighted by Crippen LogP contribution is 2.24. The van der Waals surface area contributed by atoms with E-state index < -0.39 is 169 Å². The maximum absolute atomic E-state index is 15.0. The number of nitrogens with one attached hydrogen (secondary N) is 10. The highest BCUT2D eigenvalue weighted by atomic mass is 19.1. The minimum absolute atomic E-state index is 0.00203. The summed E-state index contributed by atoms with van der Waals surface area (Å²) in [5.41, 5.74) is 23.3. The first kappa shape index (κ1) is 74.1. The third kappa shape index (κ3) is 22.9. The van der Waals surface area contributed by atoms with Gasteiger partial charge in [-0.15, -0.1) is 0 Å². The molecule has 33 heteroatoms. The molecule has 1 aliphatic heterocycles. The third-order valence-corrected chi connectivity index (χ3v) is 15.0. The van der Waals surface area contributed by atoms with E-state index in [1.807, 2.05) is 0 Å². The molecule has 500 valence electrons. The molecule has 0 saturated carbocycles. The fourth-order valence-electron chi connectivity index (χ4n) is 9.69. The molecule has 12 atom stereocenters. The number of aliphatic hydroxyl groups is 3. The predicted molar refractivity (Wildman–Crippen MR) is 325 cm³/mol. The van der Waals surface area contributed by atoms with Crippen molar-refractivity contribution in [1.29, 1.82) is 0 Å². The number of hydrogen-bond acceptors (Lipinski definition) is 17. The van der Waals surface area contributed by atoms with Crippen molar-refractivity contribution in [3.8, 4) is 0 Å². The topological polar surface area (TPSA) is 529 Å². The average molecular weight is 1280 g/mol. The number of aliphatic hydroxyl groups excluding tert-OH is 3. The van der Waals surface area contributed by atoms with E-state index in [1.54, 1.807) is 44.3 Å². The van der Waals surface area contributed by atoms with Crippen molar-refractivity contribution in [3.63, 3.8) is 0 Å². The molecule has 1 fully saturated rings. The molecule has 0 aliphatic carbocycles. The lowest BCUT2D eigenvalue weighted by atomic mass is 9.98. The SMILES string of the molecule is CC[C@H](C)[C@H](NC(=O)[C@H](CCCCNC(=O)c1ccc(F)cc1)NC(=O)[C@H](CO)NC(=O)[C@@H](NC(=O)[C@@H]1CCCN1C(=O)[C@H](Cc1c[nH]c2ccccc12)NC(=O)[C@H](CCCN=C(N)N)NC(=O)[C@H](CO)NC(=O)[C@H](CC(N)=O)NC(=O)[C@H](C)N)[C@@H](C)O)C(=O)O. The van der Waals surface area contributed by atoms with E-state index in [2.05, 4.69) is 57.8 Å². The Bertz CT molecular complexity index is 3070. The number of H-pyrrole nitrogens is 1. The average Bonchev–Trinajstić information content (AvgIpc) is 1.75. The van der Waals surface area contributed by atoms with E-state index in [-0.39, 0.29) is 82.5 Å². The number of carboxylic acid groups (broad SMARTS) is 1. The standard InChI is InChI=1S/C58H85FN16O16/c1-5-29(2)45(57(90)91)73-50(83)37(14-8-9-21-64-48(81)32-17-19-34(59)20-18-32)67-53(86)42(28-77)72-55(88)46(31(4)78)74-54(87)43-16-11-23-75(43)56(89)40(24-33-26-66-36-13-7-6-12-35(33)36)70-49(82)38(15-10-22-65-58(62)63)68-52(85)41(27-76)71-51(84)39(25-44(61)79)69-47(80)30(3)60/h6-7,12-13,17-20,26,29-31,37-43,45-46,66,76-78H,5,8-11,14-16,21-25,27-28,60H2,1-4H3,(H2,61,79)(H,64,81)(H,67,86)(H,68,85)(H,69,80)(H,70,82)(H,71,84)(H,72,88)(H,73,83)(H,74,87)(H,90,91)(H4,62,63,65)/t29-,30-,31+,37-,38-,39-,40-,41-,42-,43-,45-,46-/m0/s1. The lowest BCUT2D eigenvalue weighted by molar-refractivity contribution is -0.144. The molecule has 1 aliphatic rings. The number of aromatic amines is 1. The number of aromatic nitrogens is 1. The molecule has 0 spiro atoms. The zero-order valence-corrected chi connectivity index (χ0v) is 51.0. The van der Waals surface area contributed by atoms with Gasteiger partial charge in [0.1, 0.15) is 60.2 Å². The molecule has 2 heterocycles. The predicted octanol–water partition coefficient (Wildman–Crippen LogP) is -4.91. The number of guanidine groups is 1. The molecule has 1 saturated heterocycles. The number of carboxylic acids is 1. The minimum Gasteiger partial charge on any atom is -0.480 e. The van der Waals surface area contributed by atoms with E-state index in [0.717, 1.165) is 24.0 Å². The Labute approximate surface area is 523 Å². The fraction of sp³-hybridized carbons (Fsp3) is 0.534. The van der Waals surface area contributed by atoms with Crippen molar-refractivity contribution < 1.29 is 82.4 Å². The molecule has 0 radical (unpaired) electrons. The van der Waals surface area contributed by atoms with Gasteiger partial charge in [-0.1, -0.05) is 38.5 Å². The number of benzene rings is 2. The van der Waals surface area contributed by atoms with Crippen LogP contribution in [0.15, 0.2) is 59.7 Å². The monoisotopic (exact) mass is 1280 g/mol. The van der Waals surface area contributed by atoms with Gasteiger partial charge >= 0.3 is 5.97 Å². The highest BCUT2D eigenvalue weighted by Gasteiger charge is 2.42. The largest absolute Gasteiger partial charge is 0.480 e. The molecule has 22 N–H and O–H groups in total. The molecule has 91 heavy (non-hydrogen) atoms. The van der Waals surface area contributed by atoms with Crippen LogP contribution < -0.4 is 70.8 Å². The van der Waals surface area contributed by atoms with Crippen LogP contribution in [0.1, 0.15) is 101 Å². The van der Waals surface area contributed by atoms with Crippen LogP contribution in [-0.2, 0) is 59.2 Å². The number of unbranched alkanes of at least 4 members (excludes halogenated alkanes) is 1. The number of amides is 11. The highest BCUT2D eigenvalue weighted by molar-refractivity contribution is 6.00. The Hall–Kier alpha value is -9.34. The van der Waals surface area contributed by atoms with Gasteiger partial charge in [-0.3, -0.25) is 57.7 Å². The molecule has 4 rings (SSSR count). The maximum Gasteiger partial charge on any atom is 0.326 e. The van der Waals surface area contributed by atoms with E-state index in [9.17, 15) is 77.6 Å². The molecular formula is C58H85FN16O16. The number of carbonyl (C=O) groups excluding carboxylic acids is 11. The molecule has 0 unspecified atom stereocenters. The van der Waals surface area contributed by atoms with Crippen molar-refractivity contribution in [2.75, 3.05) is 32.8 Å². The van der Waals surface area contributed by atoms with Crippen LogP contribution >= 0.6 is 0 Å². The number of likely N-dealkylation sites (tertiary alicyclic amines) is 1. The number of para-hydroxylation sites is 1. The first-order chi connectivity index (χ1) is 43.1. The minimum atomic E-state index is -1.86. The Morgan fingerprint density at radius 2 is 1.23 bits per heavy atom. The number of carbonyl (C=O) groups is 12. The van der Waals surface area contributed by atoms with Gasteiger partial charge < -0.3 is 101 Å². The van der Waals surface area contributed by atoms with Crippen LogP contribution in [0, 0.1) is 11.7 Å². The number of rotatable bonds is 37. The Morgan fingerprint density at radius 1 is 0.681 bits per heavy atom. The summed E-state index contributed by atoms with van der Waals surface area (Å²) in [7, 11) is 0. The van der Waals surface area contributed by atoms with Gasteiger partial charge in [0.2, 0.25) is 59.1 Å². The van der Waals surface area contributed by atoms with E-state index in [0.29, 0.717) is 22.9 Å². The van der Waals surface area contributed by atoms with Gasteiger partial charge in [0, 0.05) is 48.7 Å². The fourth-order valence-corrected chi connectivity index (χ4v) is 9.69. The summed E-state index contributed by atoms with van der Waals surface area (Å²) < 4.78 is 13.4. The molecule has 0 bridgehead atoms. The van der Waals surface area contributed by atoms with Crippen molar-refractivity contribution in [2.45, 2.75) is 158 Å². The maximum atomic E-state index is 15.0. The first-order valence-corrected chi connectivity index (χ1v) is 29.6. The zero-order chi connectivity index (χ0) is 67.6. The van der Waals surface area contributed by atoms with Crippen LogP contribution in [-0.4, -0.2) is 207 Å². The van der Waals surface area contributed by atoms with E-state index in [1.165, 1.54) is 19.1 Å². The van der Waals surface area contributed by atoms with Gasteiger partial charge in [-0.05, 0) is 101 Å². The summed E-state index contributed by atoms with van der Waals surface area (Å²) in [6.07, 6.45) is -0.410. The van der Waals surface area contributed by atoms with Crippen molar-refractivity contribution >= 4 is 87.8 Å². The third-order valence-electron chi connectivity index (χ3n) is 15.0. The van der Waals surface area contributed by atoms with E-state index >= 15 is 4.79 Å². The smallest absolute Gasteiger partial charge is 0.326 e. The van der Waals surface area contributed by atoms with Crippen LogP contribution in [0.4, 0.5) is 4.39 Å².